The fourth-order valence-corrected chi connectivity index (χ4v) is 3.73. The molecule has 1 aromatic rings. The van der Waals surface area contributed by atoms with Gasteiger partial charge in [-0.25, -0.2) is 0 Å². The van der Waals surface area contributed by atoms with Gasteiger partial charge >= 0.3 is 0 Å². The Balaban J connectivity index is 2.10. The van der Waals surface area contributed by atoms with Crippen LogP contribution in [0.4, 0.5) is 5.69 Å². The zero-order valence-corrected chi connectivity index (χ0v) is 14.2. The van der Waals surface area contributed by atoms with E-state index < -0.39 is 0 Å². The van der Waals surface area contributed by atoms with Crippen LogP contribution in [-0.4, -0.2) is 19.6 Å². The number of halogens is 1. The summed E-state index contributed by atoms with van der Waals surface area (Å²) in [6, 6.07) is 6.65. The van der Waals surface area contributed by atoms with Crippen LogP contribution in [0.5, 0.6) is 0 Å². The summed E-state index contributed by atoms with van der Waals surface area (Å²) in [5.41, 5.74) is 8.55. The third-order valence-electron chi connectivity index (χ3n) is 4.34. The highest BCUT2D eigenvalue weighted by molar-refractivity contribution is 9.10. The van der Waals surface area contributed by atoms with Crippen molar-refractivity contribution in [2.75, 3.05) is 24.5 Å². The molecule has 3 heteroatoms. The Morgan fingerprint density at radius 2 is 2.15 bits per heavy atom. The highest BCUT2D eigenvalue weighted by Crippen LogP contribution is 2.29. The van der Waals surface area contributed by atoms with Crippen LogP contribution in [0.15, 0.2) is 22.7 Å². The lowest BCUT2D eigenvalue weighted by molar-refractivity contribution is 0.435. The highest BCUT2D eigenvalue weighted by Gasteiger charge is 2.18. The number of hydrogen-bond acceptors (Lipinski definition) is 2. The van der Waals surface area contributed by atoms with E-state index in [1.54, 1.807) is 0 Å². The van der Waals surface area contributed by atoms with Gasteiger partial charge in [-0.05, 0) is 61.9 Å². The number of hydrogen-bond donors (Lipinski definition) is 1. The summed E-state index contributed by atoms with van der Waals surface area (Å²) in [7, 11) is 0. The van der Waals surface area contributed by atoms with Crippen molar-refractivity contribution in [2.24, 2.45) is 11.7 Å². The molecule has 0 radical (unpaired) electrons. The lowest BCUT2D eigenvalue weighted by Crippen LogP contribution is -2.25. The summed E-state index contributed by atoms with van der Waals surface area (Å²) in [5, 5.41) is 0. The Morgan fingerprint density at radius 3 is 2.90 bits per heavy atom. The number of rotatable bonds is 5. The van der Waals surface area contributed by atoms with Crippen LogP contribution < -0.4 is 10.6 Å². The van der Waals surface area contributed by atoms with Gasteiger partial charge in [0.2, 0.25) is 0 Å². The fourth-order valence-electron chi connectivity index (χ4n) is 3.32. The van der Waals surface area contributed by atoms with Gasteiger partial charge in [0.15, 0.2) is 0 Å². The fraction of sp³-hybridized carbons (Fsp3) is 0.647. The molecule has 1 aromatic carbocycles. The summed E-state index contributed by atoms with van der Waals surface area (Å²) in [5.74, 6) is 0.929. The maximum Gasteiger partial charge on any atom is 0.0400 e. The topological polar surface area (TPSA) is 29.3 Å². The molecule has 1 heterocycles. The van der Waals surface area contributed by atoms with Gasteiger partial charge in [-0.1, -0.05) is 35.7 Å². The molecule has 0 aromatic heterocycles. The van der Waals surface area contributed by atoms with Crippen LogP contribution in [-0.2, 0) is 6.42 Å². The van der Waals surface area contributed by atoms with E-state index in [1.807, 2.05) is 0 Å². The molecule has 1 saturated heterocycles. The van der Waals surface area contributed by atoms with Crippen LogP contribution in [0.3, 0.4) is 0 Å². The molecule has 2 rings (SSSR count). The summed E-state index contributed by atoms with van der Waals surface area (Å²) < 4.78 is 1.16. The Bertz CT molecular complexity index is 419. The van der Waals surface area contributed by atoms with Crippen molar-refractivity contribution in [1.29, 1.82) is 0 Å². The maximum atomic E-state index is 5.77. The molecular weight excluding hydrogens is 312 g/mol. The Kier molecular flexibility index (Phi) is 6.37. The third-order valence-corrected chi connectivity index (χ3v) is 4.83. The van der Waals surface area contributed by atoms with E-state index in [1.165, 1.54) is 56.4 Å². The normalized spacial score (nSPS) is 19.9. The van der Waals surface area contributed by atoms with Crippen LogP contribution in [0.2, 0.25) is 0 Å². The van der Waals surface area contributed by atoms with Gasteiger partial charge in [-0.3, -0.25) is 0 Å². The first-order valence-corrected chi connectivity index (χ1v) is 8.77. The SMILES string of the molecule is CCCC1CCCN(c2ccc(Br)cc2CCN)CC1. The summed E-state index contributed by atoms with van der Waals surface area (Å²) in [6.45, 7) is 5.41. The van der Waals surface area contributed by atoms with Gasteiger partial charge in [-0.2, -0.15) is 0 Å². The molecule has 2 N–H and O–H groups in total. The molecule has 1 aliphatic rings. The average Bonchev–Trinajstić information content (AvgIpc) is 2.66. The molecule has 0 aliphatic carbocycles. The van der Waals surface area contributed by atoms with Crippen LogP contribution in [0.1, 0.15) is 44.6 Å². The average molecular weight is 339 g/mol. The Morgan fingerprint density at radius 1 is 1.30 bits per heavy atom. The van der Waals surface area contributed by atoms with Crippen LogP contribution in [0, 0.1) is 5.92 Å². The molecule has 112 valence electrons. The Hall–Kier alpha value is -0.540. The van der Waals surface area contributed by atoms with Crippen molar-refractivity contribution in [3.63, 3.8) is 0 Å². The first kappa shape index (κ1) is 15.8. The zero-order chi connectivity index (χ0) is 14.4. The first-order valence-electron chi connectivity index (χ1n) is 7.98. The minimum atomic E-state index is 0.718. The summed E-state index contributed by atoms with van der Waals surface area (Å²) >= 11 is 3.58. The molecule has 0 amide bonds. The van der Waals surface area contributed by atoms with Gasteiger partial charge in [0, 0.05) is 23.2 Å². The van der Waals surface area contributed by atoms with Crippen molar-refractivity contribution in [2.45, 2.75) is 45.4 Å². The van der Waals surface area contributed by atoms with Crippen molar-refractivity contribution in [3.05, 3.63) is 28.2 Å². The number of nitrogens with two attached hydrogens (primary N) is 1. The van der Waals surface area contributed by atoms with Crippen molar-refractivity contribution >= 4 is 21.6 Å². The van der Waals surface area contributed by atoms with E-state index in [4.69, 9.17) is 5.73 Å². The second kappa shape index (κ2) is 8.04. The lowest BCUT2D eigenvalue weighted by atomic mass is 9.96. The molecular formula is C17H27BrN2. The predicted molar refractivity (Wildman–Crippen MR) is 91.4 cm³/mol. The highest BCUT2D eigenvalue weighted by atomic mass is 79.9. The Labute approximate surface area is 131 Å². The second-order valence-corrected chi connectivity index (χ2v) is 6.80. The standard InChI is InChI=1S/C17H27BrN2/c1-2-4-14-5-3-11-20(12-9-14)17-7-6-16(18)13-15(17)8-10-19/h6-7,13-14H,2-5,8-12,19H2,1H3. The van der Waals surface area contributed by atoms with Crippen LogP contribution in [0.25, 0.3) is 0 Å². The summed E-state index contributed by atoms with van der Waals surface area (Å²) in [6.07, 6.45) is 7.73. The van der Waals surface area contributed by atoms with E-state index in [9.17, 15) is 0 Å². The van der Waals surface area contributed by atoms with E-state index in [0.29, 0.717) is 0 Å². The molecule has 1 atom stereocenters. The lowest BCUT2D eigenvalue weighted by Gasteiger charge is -2.26. The van der Waals surface area contributed by atoms with Gasteiger partial charge in [0.1, 0.15) is 0 Å². The van der Waals surface area contributed by atoms with Gasteiger partial charge < -0.3 is 10.6 Å². The van der Waals surface area contributed by atoms with Gasteiger partial charge in [-0.15, -0.1) is 0 Å². The molecule has 1 unspecified atom stereocenters. The maximum absolute atomic E-state index is 5.77. The molecule has 0 bridgehead atoms. The molecule has 1 fully saturated rings. The third kappa shape index (κ3) is 4.23. The smallest absolute Gasteiger partial charge is 0.0400 e. The van der Waals surface area contributed by atoms with E-state index in [0.717, 1.165) is 23.4 Å². The van der Waals surface area contributed by atoms with Gasteiger partial charge in [0.25, 0.3) is 0 Å². The molecule has 0 saturated carbocycles. The van der Waals surface area contributed by atoms with Gasteiger partial charge in [0.05, 0.1) is 0 Å². The molecule has 20 heavy (non-hydrogen) atoms. The van der Waals surface area contributed by atoms with Crippen molar-refractivity contribution in [3.8, 4) is 0 Å². The monoisotopic (exact) mass is 338 g/mol. The zero-order valence-electron chi connectivity index (χ0n) is 12.6. The second-order valence-electron chi connectivity index (χ2n) is 5.88. The minimum absolute atomic E-state index is 0.718. The number of anilines is 1. The number of benzene rings is 1. The van der Waals surface area contributed by atoms with E-state index in [2.05, 4.69) is 46.0 Å². The van der Waals surface area contributed by atoms with E-state index in [-0.39, 0.29) is 0 Å². The van der Waals surface area contributed by atoms with E-state index >= 15 is 0 Å². The molecule has 2 nitrogen and oxygen atoms in total. The van der Waals surface area contributed by atoms with Crippen molar-refractivity contribution in [1.82, 2.24) is 0 Å². The van der Waals surface area contributed by atoms with Crippen LogP contribution >= 0.6 is 15.9 Å². The first-order chi connectivity index (χ1) is 9.74. The molecule has 1 aliphatic heterocycles. The molecule has 0 spiro atoms. The summed E-state index contributed by atoms with van der Waals surface area (Å²) in [4.78, 5) is 2.58. The van der Waals surface area contributed by atoms with Crippen molar-refractivity contribution < 1.29 is 0 Å². The number of nitrogens with zero attached hydrogens (tertiary/aromatic N) is 1. The quantitative estimate of drug-likeness (QED) is 0.864. The largest absolute Gasteiger partial charge is 0.371 e. The minimum Gasteiger partial charge on any atom is -0.371 e. The predicted octanol–water partition coefficient (Wildman–Crippen LogP) is 4.36.